The summed E-state index contributed by atoms with van der Waals surface area (Å²) in [6.07, 6.45) is 0.609. The van der Waals surface area contributed by atoms with Crippen LogP contribution in [0.15, 0.2) is 24.3 Å². The van der Waals surface area contributed by atoms with Crippen LogP contribution in [0.25, 0.3) is 0 Å². The standard InChI is InChI=1S/C18H26N2O4/c1-12-8-14(16(21)22)11-20(10-12)17(23)19-9-13-4-6-15(7-5-13)18(2,3)24/h4-7,12,14,24H,8-11H2,1-3H3,(H,19,23)(H,21,22). The maximum Gasteiger partial charge on any atom is 0.317 e. The molecule has 2 amide bonds. The summed E-state index contributed by atoms with van der Waals surface area (Å²) in [5.74, 6) is -1.16. The van der Waals surface area contributed by atoms with Gasteiger partial charge in [0.15, 0.2) is 0 Å². The molecule has 0 aliphatic carbocycles. The number of rotatable bonds is 4. The van der Waals surface area contributed by atoms with E-state index in [-0.39, 0.29) is 18.5 Å². The monoisotopic (exact) mass is 334 g/mol. The van der Waals surface area contributed by atoms with E-state index in [4.69, 9.17) is 0 Å². The van der Waals surface area contributed by atoms with Crippen molar-refractivity contribution >= 4 is 12.0 Å². The number of amides is 2. The number of carboxylic acids is 1. The summed E-state index contributed by atoms with van der Waals surface area (Å²) in [6.45, 7) is 6.61. The number of carboxylic acid groups (broad SMARTS) is 1. The molecule has 132 valence electrons. The van der Waals surface area contributed by atoms with Crippen LogP contribution in [0, 0.1) is 11.8 Å². The SMILES string of the molecule is CC1CC(C(=O)O)CN(C(=O)NCc2ccc(C(C)(C)O)cc2)C1. The van der Waals surface area contributed by atoms with E-state index in [1.807, 2.05) is 31.2 Å². The Labute approximate surface area is 142 Å². The van der Waals surface area contributed by atoms with Gasteiger partial charge in [-0.2, -0.15) is 0 Å². The minimum atomic E-state index is -0.891. The van der Waals surface area contributed by atoms with E-state index in [0.717, 1.165) is 11.1 Å². The molecule has 2 atom stereocenters. The molecule has 0 bridgehead atoms. The lowest BCUT2D eigenvalue weighted by molar-refractivity contribution is -0.143. The molecule has 6 nitrogen and oxygen atoms in total. The zero-order valence-corrected chi connectivity index (χ0v) is 14.5. The first-order valence-electron chi connectivity index (χ1n) is 8.24. The summed E-state index contributed by atoms with van der Waals surface area (Å²) < 4.78 is 0. The number of hydrogen-bond donors (Lipinski definition) is 3. The Morgan fingerprint density at radius 2 is 1.88 bits per heavy atom. The molecule has 1 aromatic rings. The molecule has 1 aromatic carbocycles. The quantitative estimate of drug-likeness (QED) is 0.787. The average Bonchev–Trinajstić information content (AvgIpc) is 2.51. The maximum atomic E-state index is 12.3. The van der Waals surface area contributed by atoms with Crippen LogP contribution in [0.5, 0.6) is 0 Å². The lowest BCUT2D eigenvalue weighted by Gasteiger charge is -2.34. The van der Waals surface area contributed by atoms with Gasteiger partial charge in [-0.3, -0.25) is 4.79 Å². The highest BCUT2D eigenvalue weighted by Gasteiger charge is 2.31. The number of nitrogens with one attached hydrogen (secondary N) is 1. The van der Waals surface area contributed by atoms with E-state index in [1.54, 1.807) is 18.7 Å². The van der Waals surface area contributed by atoms with Crippen LogP contribution in [-0.2, 0) is 16.9 Å². The van der Waals surface area contributed by atoms with E-state index in [2.05, 4.69) is 5.32 Å². The molecule has 24 heavy (non-hydrogen) atoms. The number of carbonyl (C=O) groups excluding carboxylic acids is 1. The summed E-state index contributed by atoms with van der Waals surface area (Å²) in [5.41, 5.74) is 0.848. The molecule has 0 saturated carbocycles. The normalized spacial score (nSPS) is 21.4. The van der Waals surface area contributed by atoms with Crippen LogP contribution in [0.2, 0.25) is 0 Å². The van der Waals surface area contributed by atoms with Crippen molar-refractivity contribution in [2.75, 3.05) is 13.1 Å². The smallest absolute Gasteiger partial charge is 0.317 e. The van der Waals surface area contributed by atoms with Gasteiger partial charge in [0, 0.05) is 19.6 Å². The highest BCUT2D eigenvalue weighted by Crippen LogP contribution is 2.22. The van der Waals surface area contributed by atoms with Crippen LogP contribution in [0.1, 0.15) is 38.3 Å². The maximum absolute atomic E-state index is 12.3. The average molecular weight is 334 g/mol. The van der Waals surface area contributed by atoms with Crippen molar-refractivity contribution in [1.82, 2.24) is 10.2 Å². The Hall–Kier alpha value is -2.08. The Morgan fingerprint density at radius 1 is 1.25 bits per heavy atom. The Balaban J connectivity index is 1.91. The number of carbonyl (C=O) groups is 2. The number of aliphatic hydroxyl groups is 1. The predicted molar refractivity (Wildman–Crippen MR) is 90.4 cm³/mol. The molecule has 0 spiro atoms. The molecule has 0 radical (unpaired) electrons. The first-order chi connectivity index (χ1) is 11.2. The molecule has 1 heterocycles. The van der Waals surface area contributed by atoms with Gasteiger partial charge in [-0.05, 0) is 37.3 Å². The zero-order chi connectivity index (χ0) is 17.9. The minimum absolute atomic E-state index is 0.177. The van der Waals surface area contributed by atoms with Crippen molar-refractivity contribution in [2.24, 2.45) is 11.8 Å². The molecule has 0 aromatic heterocycles. The van der Waals surface area contributed by atoms with Gasteiger partial charge in [-0.1, -0.05) is 31.2 Å². The Morgan fingerprint density at radius 3 is 2.42 bits per heavy atom. The van der Waals surface area contributed by atoms with Gasteiger partial charge in [-0.15, -0.1) is 0 Å². The van der Waals surface area contributed by atoms with Gasteiger partial charge in [0.1, 0.15) is 0 Å². The lowest BCUT2D eigenvalue weighted by atomic mass is 9.91. The van der Waals surface area contributed by atoms with E-state index in [1.165, 1.54) is 0 Å². The fourth-order valence-electron chi connectivity index (χ4n) is 3.02. The van der Waals surface area contributed by atoms with E-state index >= 15 is 0 Å². The van der Waals surface area contributed by atoms with Gasteiger partial charge in [0.2, 0.25) is 0 Å². The van der Waals surface area contributed by atoms with Crippen molar-refractivity contribution in [3.8, 4) is 0 Å². The molecular weight excluding hydrogens is 308 g/mol. The summed E-state index contributed by atoms with van der Waals surface area (Å²) in [4.78, 5) is 25.1. The third-order valence-electron chi connectivity index (χ3n) is 4.40. The van der Waals surface area contributed by atoms with Gasteiger partial charge in [0.05, 0.1) is 11.5 Å². The van der Waals surface area contributed by atoms with Gasteiger partial charge in [0.25, 0.3) is 0 Å². The highest BCUT2D eigenvalue weighted by molar-refractivity contribution is 5.76. The molecule has 6 heteroatoms. The Kier molecular flexibility index (Phi) is 5.49. The second-order valence-corrected chi connectivity index (χ2v) is 7.20. The molecule has 1 fully saturated rings. The van der Waals surface area contributed by atoms with Crippen molar-refractivity contribution in [3.05, 3.63) is 35.4 Å². The second-order valence-electron chi connectivity index (χ2n) is 7.20. The molecular formula is C18H26N2O4. The molecule has 1 aliphatic heterocycles. The fraction of sp³-hybridized carbons (Fsp3) is 0.556. The number of likely N-dealkylation sites (tertiary alicyclic amines) is 1. The third-order valence-corrected chi connectivity index (χ3v) is 4.40. The topological polar surface area (TPSA) is 89.9 Å². The fourth-order valence-corrected chi connectivity index (χ4v) is 3.02. The molecule has 2 rings (SSSR count). The summed E-state index contributed by atoms with van der Waals surface area (Å²) in [5, 5.41) is 22.0. The van der Waals surface area contributed by atoms with Crippen molar-refractivity contribution in [1.29, 1.82) is 0 Å². The van der Waals surface area contributed by atoms with E-state index < -0.39 is 17.5 Å². The largest absolute Gasteiger partial charge is 0.481 e. The molecule has 1 aliphatic rings. The molecule has 1 saturated heterocycles. The van der Waals surface area contributed by atoms with Crippen molar-refractivity contribution < 1.29 is 19.8 Å². The number of hydrogen-bond acceptors (Lipinski definition) is 3. The van der Waals surface area contributed by atoms with Gasteiger partial charge < -0.3 is 20.4 Å². The van der Waals surface area contributed by atoms with E-state index in [9.17, 15) is 19.8 Å². The summed E-state index contributed by atoms with van der Waals surface area (Å²) in [6, 6.07) is 7.17. The molecule has 2 unspecified atom stereocenters. The number of urea groups is 1. The third kappa shape index (κ3) is 4.71. The summed E-state index contributed by atoms with van der Waals surface area (Å²) in [7, 11) is 0. The van der Waals surface area contributed by atoms with Gasteiger partial charge >= 0.3 is 12.0 Å². The number of benzene rings is 1. The predicted octanol–water partition coefficient (Wildman–Crippen LogP) is 2.17. The number of piperidine rings is 1. The Bertz CT molecular complexity index is 592. The van der Waals surface area contributed by atoms with Crippen LogP contribution in [-0.4, -0.2) is 40.2 Å². The number of aliphatic carboxylic acids is 1. The van der Waals surface area contributed by atoms with Crippen LogP contribution >= 0.6 is 0 Å². The van der Waals surface area contributed by atoms with E-state index in [0.29, 0.717) is 19.5 Å². The van der Waals surface area contributed by atoms with Gasteiger partial charge in [-0.25, -0.2) is 4.79 Å². The first-order valence-corrected chi connectivity index (χ1v) is 8.24. The lowest BCUT2D eigenvalue weighted by Crippen LogP contribution is -2.49. The highest BCUT2D eigenvalue weighted by atomic mass is 16.4. The second kappa shape index (κ2) is 7.21. The van der Waals surface area contributed by atoms with Crippen LogP contribution in [0.3, 0.4) is 0 Å². The molecule has 3 N–H and O–H groups in total. The minimum Gasteiger partial charge on any atom is -0.481 e. The van der Waals surface area contributed by atoms with Crippen molar-refractivity contribution in [2.45, 2.75) is 39.3 Å². The van der Waals surface area contributed by atoms with Crippen LogP contribution < -0.4 is 5.32 Å². The number of nitrogens with zero attached hydrogens (tertiary/aromatic N) is 1. The zero-order valence-electron chi connectivity index (χ0n) is 14.5. The first kappa shape index (κ1) is 18.3. The van der Waals surface area contributed by atoms with Crippen LogP contribution in [0.4, 0.5) is 4.79 Å². The van der Waals surface area contributed by atoms with Crippen molar-refractivity contribution in [3.63, 3.8) is 0 Å². The summed E-state index contributed by atoms with van der Waals surface area (Å²) >= 11 is 0.